The number of piperidine rings is 1. The van der Waals surface area contributed by atoms with Gasteiger partial charge in [-0.15, -0.1) is 12.4 Å². The number of nitrogens with zero attached hydrogens (tertiary/aromatic N) is 2. The highest BCUT2D eigenvalue weighted by Gasteiger charge is 2.29. The third kappa shape index (κ3) is 4.01. The van der Waals surface area contributed by atoms with Crippen molar-refractivity contribution in [3.05, 3.63) is 33.2 Å². The summed E-state index contributed by atoms with van der Waals surface area (Å²) < 4.78 is 33.2. The van der Waals surface area contributed by atoms with E-state index in [-0.39, 0.29) is 34.7 Å². The highest BCUT2D eigenvalue weighted by Crippen LogP contribution is 2.33. The van der Waals surface area contributed by atoms with Crippen molar-refractivity contribution in [2.45, 2.75) is 44.2 Å². The number of nitrogens with one attached hydrogen (secondary N) is 1. The second-order valence-electron chi connectivity index (χ2n) is 7.10. The Hall–Kier alpha value is -1.15. The number of aromatic nitrogens is 2. The Balaban J connectivity index is 0.00000210. The van der Waals surface area contributed by atoms with Crippen LogP contribution in [0.25, 0.3) is 11.0 Å². The summed E-state index contributed by atoms with van der Waals surface area (Å²) in [4.78, 5) is 17.7. The van der Waals surface area contributed by atoms with Gasteiger partial charge in [0.15, 0.2) is 0 Å². The molecule has 5 nitrogen and oxygen atoms in total. The van der Waals surface area contributed by atoms with Gasteiger partial charge in [0.1, 0.15) is 0 Å². The van der Waals surface area contributed by atoms with E-state index in [1.807, 2.05) is 0 Å². The van der Waals surface area contributed by atoms with Crippen LogP contribution in [-0.4, -0.2) is 46.8 Å². The Labute approximate surface area is 167 Å². The number of fused-ring (bicyclic) bond motifs is 1. The number of H-pyrrole nitrogens is 1. The van der Waals surface area contributed by atoms with E-state index >= 15 is 0 Å². The zero-order valence-electron chi connectivity index (χ0n) is 14.8. The number of hydrogen-bond donors (Lipinski definition) is 1. The predicted molar refractivity (Wildman–Crippen MR) is 103 cm³/mol. The fourth-order valence-electron chi connectivity index (χ4n) is 4.25. The standard InChI is InChI=1S/C18H22ClF2N3O2.ClH/c19-14-10-16-15(9-13(14)17(20)21)22-18(25)24(16)12-1-5-23(6-2-12)11-3-7-26-8-4-11;/h9-12,17H,1-8H2,(H,22,25);1H. The van der Waals surface area contributed by atoms with Crippen molar-refractivity contribution in [3.63, 3.8) is 0 Å². The van der Waals surface area contributed by atoms with Gasteiger partial charge >= 0.3 is 5.69 Å². The molecule has 0 atom stereocenters. The SMILES string of the molecule is Cl.O=c1[nH]c2cc(C(F)F)c(Cl)cc2n1C1CCN(C2CCOCC2)CC1. The lowest BCUT2D eigenvalue weighted by Gasteiger charge is -2.39. The highest BCUT2D eigenvalue weighted by atomic mass is 35.5. The Morgan fingerprint density at radius 2 is 1.78 bits per heavy atom. The zero-order valence-corrected chi connectivity index (χ0v) is 16.4. The van der Waals surface area contributed by atoms with Crippen LogP contribution in [0, 0.1) is 0 Å². The Morgan fingerprint density at radius 3 is 2.41 bits per heavy atom. The van der Waals surface area contributed by atoms with Crippen LogP contribution >= 0.6 is 24.0 Å². The molecule has 2 fully saturated rings. The van der Waals surface area contributed by atoms with Crippen molar-refractivity contribution in [3.8, 4) is 0 Å². The minimum atomic E-state index is -2.67. The zero-order chi connectivity index (χ0) is 18.3. The van der Waals surface area contributed by atoms with E-state index < -0.39 is 6.43 Å². The van der Waals surface area contributed by atoms with E-state index in [0.717, 1.165) is 52.0 Å². The van der Waals surface area contributed by atoms with Crippen LogP contribution in [0.2, 0.25) is 5.02 Å². The maximum absolute atomic E-state index is 13.0. The molecular weight excluding hydrogens is 399 g/mol. The second-order valence-corrected chi connectivity index (χ2v) is 7.51. The van der Waals surface area contributed by atoms with Crippen LogP contribution in [0.3, 0.4) is 0 Å². The number of rotatable bonds is 3. The first-order chi connectivity index (χ1) is 12.5. The fourth-order valence-corrected chi connectivity index (χ4v) is 4.49. The molecule has 1 N–H and O–H groups in total. The van der Waals surface area contributed by atoms with Crippen molar-refractivity contribution in [1.82, 2.24) is 14.5 Å². The molecule has 0 unspecified atom stereocenters. The molecule has 2 aromatic rings. The number of ether oxygens (including phenoxy) is 1. The summed E-state index contributed by atoms with van der Waals surface area (Å²) in [7, 11) is 0. The van der Waals surface area contributed by atoms with Crippen molar-refractivity contribution >= 4 is 35.0 Å². The first-order valence-corrected chi connectivity index (χ1v) is 9.46. The molecular formula is C18H23Cl2F2N3O2. The number of benzene rings is 1. The minimum absolute atomic E-state index is 0. The van der Waals surface area contributed by atoms with Gasteiger partial charge < -0.3 is 14.6 Å². The monoisotopic (exact) mass is 421 g/mol. The molecule has 0 radical (unpaired) electrons. The molecule has 9 heteroatoms. The largest absolute Gasteiger partial charge is 0.381 e. The number of imidazole rings is 1. The van der Waals surface area contributed by atoms with Crippen LogP contribution in [-0.2, 0) is 4.74 Å². The maximum atomic E-state index is 13.0. The molecule has 1 aromatic carbocycles. The molecule has 0 saturated carbocycles. The van der Waals surface area contributed by atoms with Gasteiger partial charge in [0, 0.05) is 44.0 Å². The molecule has 4 rings (SSSR count). The topological polar surface area (TPSA) is 50.3 Å². The number of likely N-dealkylation sites (tertiary alicyclic amines) is 1. The molecule has 2 saturated heterocycles. The fraction of sp³-hybridized carbons (Fsp3) is 0.611. The molecule has 1 aromatic heterocycles. The van der Waals surface area contributed by atoms with Gasteiger partial charge in [-0.3, -0.25) is 4.57 Å². The lowest BCUT2D eigenvalue weighted by molar-refractivity contribution is 0.0220. The van der Waals surface area contributed by atoms with Crippen LogP contribution in [0.1, 0.15) is 43.7 Å². The van der Waals surface area contributed by atoms with Gasteiger partial charge in [0.2, 0.25) is 0 Å². The average Bonchev–Trinajstić information content (AvgIpc) is 2.96. The van der Waals surface area contributed by atoms with Gasteiger partial charge in [0.05, 0.1) is 16.1 Å². The van der Waals surface area contributed by atoms with Crippen molar-refractivity contribution in [2.24, 2.45) is 0 Å². The number of hydrogen-bond acceptors (Lipinski definition) is 3. The third-order valence-corrected chi connectivity index (χ3v) is 5.97. The van der Waals surface area contributed by atoms with E-state index in [0.29, 0.717) is 17.1 Å². The Morgan fingerprint density at radius 1 is 1.11 bits per heavy atom. The van der Waals surface area contributed by atoms with Crippen molar-refractivity contribution < 1.29 is 13.5 Å². The molecule has 150 valence electrons. The number of alkyl halides is 2. The Bertz CT molecular complexity index is 841. The van der Waals surface area contributed by atoms with Crippen LogP contribution in [0.5, 0.6) is 0 Å². The summed E-state index contributed by atoms with van der Waals surface area (Å²) >= 11 is 6.01. The summed E-state index contributed by atoms with van der Waals surface area (Å²) in [5, 5.41) is -0.000100. The average molecular weight is 422 g/mol. The van der Waals surface area contributed by atoms with Gasteiger partial charge in [-0.05, 0) is 37.8 Å². The van der Waals surface area contributed by atoms with Gasteiger partial charge in [0.25, 0.3) is 6.43 Å². The summed E-state index contributed by atoms with van der Waals surface area (Å²) in [6.07, 6.45) is 1.17. The van der Waals surface area contributed by atoms with Gasteiger partial charge in [-0.2, -0.15) is 0 Å². The highest BCUT2D eigenvalue weighted by molar-refractivity contribution is 6.32. The molecule has 0 spiro atoms. The Kier molecular flexibility index (Phi) is 6.46. The van der Waals surface area contributed by atoms with Gasteiger partial charge in [-0.1, -0.05) is 11.6 Å². The molecule has 2 aliphatic rings. The van der Waals surface area contributed by atoms with E-state index in [4.69, 9.17) is 16.3 Å². The van der Waals surface area contributed by atoms with E-state index in [2.05, 4.69) is 9.88 Å². The summed E-state index contributed by atoms with van der Waals surface area (Å²) in [5.74, 6) is 0. The van der Waals surface area contributed by atoms with Gasteiger partial charge in [-0.25, -0.2) is 13.6 Å². The minimum Gasteiger partial charge on any atom is -0.381 e. The third-order valence-electron chi connectivity index (χ3n) is 5.64. The first-order valence-electron chi connectivity index (χ1n) is 9.08. The molecule has 0 aliphatic carbocycles. The first kappa shape index (κ1) is 20.6. The van der Waals surface area contributed by atoms with Crippen LogP contribution < -0.4 is 5.69 Å². The van der Waals surface area contributed by atoms with Crippen LogP contribution in [0.15, 0.2) is 16.9 Å². The maximum Gasteiger partial charge on any atom is 0.326 e. The smallest absolute Gasteiger partial charge is 0.326 e. The lowest BCUT2D eigenvalue weighted by atomic mass is 9.99. The summed E-state index contributed by atoms with van der Waals surface area (Å²) in [6, 6.07) is 3.40. The molecule has 0 bridgehead atoms. The molecule has 27 heavy (non-hydrogen) atoms. The number of aromatic amines is 1. The second kappa shape index (κ2) is 8.47. The van der Waals surface area contributed by atoms with Crippen LogP contribution in [0.4, 0.5) is 8.78 Å². The lowest BCUT2D eigenvalue weighted by Crippen LogP contribution is -2.45. The normalized spacial score (nSPS) is 20.3. The molecule has 2 aliphatic heterocycles. The summed E-state index contributed by atoms with van der Waals surface area (Å²) in [6.45, 7) is 3.49. The predicted octanol–water partition coefficient (Wildman–Crippen LogP) is 4.16. The van der Waals surface area contributed by atoms with E-state index in [9.17, 15) is 13.6 Å². The summed E-state index contributed by atoms with van der Waals surface area (Å²) in [5.41, 5.74) is 0.518. The van der Waals surface area contributed by atoms with Crippen molar-refractivity contribution in [1.29, 1.82) is 0 Å². The van der Waals surface area contributed by atoms with Crippen molar-refractivity contribution in [2.75, 3.05) is 26.3 Å². The molecule has 0 amide bonds. The molecule has 3 heterocycles. The van der Waals surface area contributed by atoms with E-state index in [1.165, 1.54) is 12.1 Å². The van der Waals surface area contributed by atoms with E-state index in [1.54, 1.807) is 4.57 Å². The number of halogens is 4. The quantitative estimate of drug-likeness (QED) is 0.809.